The van der Waals surface area contributed by atoms with E-state index >= 15 is 0 Å². The molecule has 7 nitrogen and oxygen atoms in total. The van der Waals surface area contributed by atoms with E-state index in [1.807, 2.05) is 4.72 Å². The van der Waals surface area contributed by atoms with Crippen LogP contribution in [-0.2, 0) is 14.8 Å². The second kappa shape index (κ2) is 6.93. The summed E-state index contributed by atoms with van der Waals surface area (Å²) < 4.78 is 31.9. The smallest absolute Gasteiger partial charge is 0.337 e. The van der Waals surface area contributed by atoms with E-state index in [2.05, 4.69) is 9.72 Å². The van der Waals surface area contributed by atoms with E-state index < -0.39 is 21.9 Å². The topological polar surface area (TPSA) is 102 Å². The van der Waals surface area contributed by atoms with Gasteiger partial charge in [-0.05, 0) is 23.6 Å². The van der Waals surface area contributed by atoms with Crippen molar-refractivity contribution in [1.82, 2.24) is 9.71 Å². The molecule has 26 heavy (non-hydrogen) atoms. The summed E-state index contributed by atoms with van der Waals surface area (Å²) in [6, 6.07) is 14.2. The number of benzene rings is 2. The van der Waals surface area contributed by atoms with Crippen LogP contribution in [0.5, 0.6) is 0 Å². The lowest BCUT2D eigenvalue weighted by Gasteiger charge is -2.09. The molecule has 1 N–H and O–H groups in total. The highest BCUT2D eigenvalue weighted by atomic mass is 32.2. The van der Waals surface area contributed by atoms with Crippen molar-refractivity contribution in [2.45, 2.75) is 4.90 Å². The van der Waals surface area contributed by atoms with Crippen molar-refractivity contribution < 1.29 is 22.7 Å². The zero-order valence-electron chi connectivity index (χ0n) is 13.7. The molecule has 1 amide bonds. The average molecular weight is 370 g/mol. The molecule has 0 aliphatic heterocycles. The number of hydrogen-bond acceptors (Lipinski definition) is 6. The molecule has 1 heterocycles. The Morgan fingerprint density at radius 1 is 1.04 bits per heavy atom. The number of esters is 1. The Bertz CT molecular complexity index is 1100. The summed E-state index contributed by atoms with van der Waals surface area (Å²) in [5.74, 6) is -1.60. The minimum atomic E-state index is -4.13. The first-order valence-electron chi connectivity index (χ1n) is 7.51. The lowest BCUT2D eigenvalue weighted by molar-refractivity contribution is 0.0600. The number of aromatic nitrogens is 1. The second-order valence-electron chi connectivity index (χ2n) is 5.33. The number of amides is 1. The molecule has 0 aliphatic carbocycles. The van der Waals surface area contributed by atoms with Gasteiger partial charge in [0.05, 0.1) is 17.6 Å². The van der Waals surface area contributed by atoms with Crippen LogP contribution in [0.25, 0.3) is 10.8 Å². The monoisotopic (exact) mass is 370 g/mol. The normalized spacial score (nSPS) is 11.1. The molecule has 3 aromatic rings. The highest BCUT2D eigenvalue weighted by molar-refractivity contribution is 7.90. The van der Waals surface area contributed by atoms with Crippen LogP contribution >= 0.6 is 0 Å². The van der Waals surface area contributed by atoms with Crippen molar-refractivity contribution in [2.75, 3.05) is 7.11 Å². The molecule has 1 aromatic heterocycles. The summed E-state index contributed by atoms with van der Waals surface area (Å²) in [6.45, 7) is 0. The molecule has 0 aliphatic rings. The number of fused-ring (bicyclic) bond motifs is 1. The van der Waals surface area contributed by atoms with Gasteiger partial charge in [0.2, 0.25) is 0 Å². The van der Waals surface area contributed by atoms with E-state index in [0.29, 0.717) is 5.39 Å². The fourth-order valence-electron chi connectivity index (χ4n) is 2.46. The molecule has 0 radical (unpaired) electrons. The van der Waals surface area contributed by atoms with Gasteiger partial charge in [0.1, 0.15) is 5.69 Å². The van der Waals surface area contributed by atoms with Crippen LogP contribution in [0.15, 0.2) is 65.7 Å². The Morgan fingerprint density at radius 3 is 2.54 bits per heavy atom. The summed E-state index contributed by atoms with van der Waals surface area (Å²) in [7, 11) is -2.93. The number of nitrogens with zero attached hydrogens (tertiary/aromatic N) is 1. The molecular weight excluding hydrogens is 356 g/mol. The maximum atomic E-state index is 12.7. The largest absolute Gasteiger partial charge is 0.465 e. The number of carbonyl (C=O) groups excluding carboxylic acids is 2. The second-order valence-corrected chi connectivity index (χ2v) is 6.98. The maximum absolute atomic E-state index is 12.7. The number of rotatable bonds is 4. The third-order valence-corrected chi connectivity index (χ3v) is 5.07. The summed E-state index contributed by atoms with van der Waals surface area (Å²) >= 11 is 0. The number of nitrogens with one attached hydrogen (secondary N) is 1. The maximum Gasteiger partial charge on any atom is 0.337 e. The van der Waals surface area contributed by atoms with Crippen LogP contribution in [0.3, 0.4) is 0 Å². The SMILES string of the molecule is COC(=O)c1ccnc(C(=O)NS(=O)(=O)c2cccc3ccccc23)c1. The zero-order chi connectivity index (χ0) is 18.7. The molecule has 0 fully saturated rings. The molecule has 0 saturated carbocycles. The van der Waals surface area contributed by atoms with Gasteiger partial charge in [-0.2, -0.15) is 0 Å². The number of pyridine rings is 1. The summed E-state index contributed by atoms with van der Waals surface area (Å²) in [5, 5.41) is 1.22. The average Bonchev–Trinajstić information content (AvgIpc) is 2.66. The van der Waals surface area contributed by atoms with Crippen molar-refractivity contribution in [1.29, 1.82) is 0 Å². The molecule has 2 aromatic carbocycles. The van der Waals surface area contributed by atoms with Gasteiger partial charge in [0.25, 0.3) is 15.9 Å². The molecule has 0 atom stereocenters. The third kappa shape index (κ3) is 3.40. The first-order valence-corrected chi connectivity index (χ1v) is 9.00. The van der Waals surface area contributed by atoms with Crippen LogP contribution in [0.4, 0.5) is 0 Å². The molecule has 0 bridgehead atoms. The van der Waals surface area contributed by atoms with Gasteiger partial charge in [-0.1, -0.05) is 36.4 Å². The number of hydrogen-bond donors (Lipinski definition) is 1. The minimum absolute atomic E-state index is 0.0203. The first-order chi connectivity index (χ1) is 12.4. The van der Waals surface area contributed by atoms with Crippen molar-refractivity contribution in [3.05, 3.63) is 72.1 Å². The fourth-order valence-corrected chi connectivity index (χ4v) is 3.65. The van der Waals surface area contributed by atoms with E-state index in [1.165, 1.54) is 31.5 Å². The standard InChI is InChI=1S/C18H14N2O5S/c1-25-18(22)13-9-10-19-15(11-13)17(21)20-26(23,24)16-8-4-6-12-5-2-3-7-14(12)16/h2-11H,1H3,(H,20,21). The van der Waals surface area contributed by atoms with E-state index in [1.54, 1.807) is 36.4 Å². The van der Waals surface area contributed by atoms with Gasteiger partial charge >= 0.3 is 5.97 Å². The van der Waals surface area contributed by atoms with Gasteiger partial charge in [0, 0.05) is 11.6 Å². The first kappa shape index (κ1) is 17.6. The lowest BCUT2D eigenvalue weighted by atomic mass is 10.1. The predicted octanol–water partition coefficient (Wildman–Crippen LogP) is 2.14. The number of sulfonamides is 1. The molecular formula is C18H14N2O5S. The van der Waals surface area contributed by atoms with Crippen molar-refractivity contribution in [3.8, 4) is 0 Å². The Morgan fingerprint density at radius 2 is 1.77 bits per heavy atom. The number of carbonyl (C=O) groups is 2. The molecule has 0 saturated heterocycles. The Kier molecular flexibility index (Phi) is 4.68. The van der Waals surface area contributed by atoms with Gasteiger partial charge in [0.15, 0.2) is 0 Å². The highest BCUT2D eigenvalue weighted by Gasteiger charge is 2.22. The van der Waals surface area contributed by atoms with Gasteiger partial charge < -0.3 is 4.74 Å². The molecule has 0 unspecified atom stereocenters. The van der Waals surface area contributed by atoms with Crippen LogP contribution in [-0.4, -0.2) is 32.4 Å². The molecule has 0 spiro atoms. The Balaban J connectivity index is 1.95. The van der Waals surface area contributed by atoms with Gasteiger partial charge in [-0.3, -0.25) is 9.78 Å². The van der Waals surface area contributed by atoms with Crippen molar-refractivity contribution in [2.24, 2.45) is 0 Å². The summed E-state index contributed by atoms with van der Waals surface area (Å²) in [6.07, 6.45) is 1.23. The van der Waals surface area contributed by atoms with Crippen molar-refractivity contribution >= 4 is 32.7 Å². The third-order valence-electron chi connectivity index (χ3n) is 3.68. The van der Waals surface area contributed by atoms with Crippen LogP contribution in [0.2, 0.25) is 0 Å². The zero-order valence-corrected chi connectivity index (χ0v) is 14.5. The van der Waals surface area contributed by atoms with E-state index in [4.69, 9.17) is 0 Å². The van der Waals surface area contributed by atoms with E-state index in [0.717, 1.165) is 5.39 Å². The quantitative estimate of drug-likeness (QED) is 0.706. The van der Waals surface area contributed by atoms with Gasteiger partial charge in [-0.25, -0.2) is 17.9 Å². The molecule has 8 heteroatoms. The predicted molar refractivity (Wildman–Crippen MR) is 94.2 cm³/mol. The van der Waals surface area contributed by atoms with Crippen LogP contribution < -0.4 is 4.72 Å². The van der Waals surface area contributed by atoms with E-state index in [9.17, 15) is 18.0 Å². The molecule has 132 valence electrons. The number of methoxy groups -OCH3 is 1. The Hall–Kier alpha value is -3.26. The van der Waals surface area contributed by atoms with E-state index in [-0.39, 0.29) is 16.2 Å². The minimum Gasteiger partial charge on any atom is -0.465 e. The van der Waals surface area contributed by atoms with Crippen LogP contribution in [0, 0.1) is 0 Å². The fraction of sp³-hybridized carbons (Fsp3) is 0.0556. The van der Waals surface area contributed by atoms with Crippen molar-refractivity contribution in [3.63, 3.8) is 0 Å². The van der Waals surface area contributed by atoms with Crippen LogP contribution in [0.1, 0.15) is 20.8 Å². The molecule has 3 rings (SSSR count). The highest BCUT2D eigenvalue weighted by Crippen LogP contribution is 2.22. The summed E-state index contributed by atoms with van der Waals surface area (Å²) in [4.78, 5) is 27.7. The number of ether oxygens (including phenoxy) is 1. The summed E-state index contributed by atoms with van der Waals surface area (Å²) in [5.41, 5.74) is -0.119. The van der Waals surface area contributed by atoms with Gasteiger partial charge in [-0.15, -0.1) is 0 Å². The lowest BCUT2D eigenvalue weighted by Crippen LogP contribution is -2.31. The Labute approximate surface area is 149 Å².